The Kier molecular flexibility index (Phi) is 5.32. The lowest BCUT2D eigenvalue weighted by molar-refractivity contribution is 0.0934. The third-order valence-corrected chi connectivity index (χ3v) is 5.50. The lowest BCUT2D eigenvalue weighted by Crippen LogP contribution is -2.37. The van der Waals surface area contributed by atoms with Gasteiger partial charge in [0.1, 0.15) is 0 Å². The molecule has 0 spiro atoms. The first kappa shape index (κ1) is 15.3. The van der Waals surface area contributed by atoms with Crippen LogP contribution in [0.5, 0.6) is 0 Å². The van der Waals surface area contributed by atoms with Crippen molar-refractivity contribution in [2.45, 2.75) is 25.7 Å². The molecule has 19 heavy (non-hydrogen) atoms. The van der Waals surface area contributed by atoms with Crippen LogP contribution >= 0.6 is 43.5 Å². The fraction of sp³-hybridized carbons (Fsp3) is 0.500. The molecule has 1 aliphatic carbocycles. The maximum atomic E-state index is 12.2. The van der Waals surface area contributed by atoms with Crippen molar-refractivity contribution in [2.24, 2.45) is 5.41 Å². The van der Waals surface area contributed by atoms with Crippen LogP contribution in [0.3, 0.4) is 0 Å². The molecule has 1 fully saturated rings. The number of halogens is 3. The molecule has 1 aliphatic rings. The largest absolute Gasteiger partial charge is 0.351 e. The minimum absolute atomic E-state index is 0.0513. The van der Waals surface area contributed by atoms with E-state index in [1.165, 1.54) is 12.8 Å². The van der Waals surface area contributed by atoms with Crippen molar-refractivity contribution in [3.63, 3.8) is 0 Å². The van der Waals surface area contributed by atoms with Gasteiger partial charge in [0.2, 0.25) is 0 Å². The summed E-state index contributed by atoms with van der Waals surface area (Å²) in [6.07, 6.45) is 4.64. The van der Waals surface area contributed by atoms with Gasteiger partial charge in [0.05, 0.1) is 5.56 Å². The zero-order chi connectivity index (χ0) is 13.9. The molecule has 104 valence electrons. The average molecular weight is 410 g/mol. The summed E-state index contributed by atoms with van der Waals surface area (Å²) in [4.78, 5) is 12.2. The summed E-state index contributed by atoms with van der Waals surface area (Å²) in [6, 6.07) is 5.59. The maximum absolute atomic E-state index is 12.2. The van der Waals surface area contributed by atoms with E-state index in [0.29, 0.717) is 18.0 Å². The monoisotopic (exact) mass is 407 g/mol. The van der Waals surface area contributed by atoms with Crippen molar-refractivity contribution in [2.75, 3.05) is 12.4 Å². The van der Waals surface area contributed by atoms with Crippen molar-refractivity contribution in [1.82, 2.24) is 5.32 Å². The van der Waals surface area contributed by atoms with Crippen LogP contribution in [0.2, 0.25) is 0 Å². The number of amides is 1. The van der Waals surface area contributed by atoms with Crippen LogP contribution in [0.25, 0.3) is 0 Å². The number of nitrogens with one attached hydrogen (secondary N) is 1. The van der Waals surface area contributed by atoms with Gasteiger partial charge in [0.25, 0.3) is 5.91 Å². The Hall–Kier alpha value is -0.0600. The molecule has 2 rings (SSSR count). The van der Waals surface area contributed by atoms with E-state index in [1.807, 2.05) is 18.2 Å². The van der Waals surface area contributed by atoms with Gasteiger partial charge in [0, 0.05) is 26.8 Å². The van der Waals surface area contributed by atoms with Crippen LogP contribution < -0.4 is 5.32 Å². The van der Waals surface area contributed by atoms with Gasteiger partial charge in [-0.2, -0.15) is 0 Å². The lowest BCUT2D eigenvalue weighted by Gasteiger charge is -2.26. The van der Waals surface area contributed by atoms with Crippen LogP contribution in [0.1, 0.15) is 36.0 Å². The van der Waals surface area contributed by atoms with Gasteiger partial charge in [-0.15, -0.1) is 11.6 Å². The molecule has 0 saturated heterocycles. The van der Waals surface area contributed by atoms with E-state index in [0.717, 1.165) is 21.8 Å². The highest BCUT2D eigenvalue weighted by atomic mass is 79.9. The third-order valence-electron chi connectivity index (χ3n) is 3.74. The van der Waals surface area contributed by atoms with Gasteiger partial charge >= 0.3 is 0 Å². The topological polar surface area (TPSA) is 29.1 Å². The van der Waals surface area contributed by atoms with Crippen LogP contribution in [0, 0.1) is 5.41 Å². The number of carbonyl (C=O) groups excluding carboxylic acids is 1. The molecule has 0 unspecified atom stereocenters. The summed E-state index contributed by atoms with van der Waals surface area (Å²) in [5.74, 6) is 0.567. The van der Waals surface area contributed by atoms with Crippen molar-refractivity contribution in [3.8, 4) is 0 Å². The Morgan fingerprint density at radius 3 is 2.63 bits per heavy atom. The molecule has 1 amide bonds. The molecule has 0 atom stereocenters. The summed E-state index contributed by atoms with van der Waals surface area (Å²) in [6.45, 7) is 0.661. The SMILES string of the molecule is O=C(NCC1(CCl)CCCC1)c1cc(Br)ccc1Br. The first-order valence-corrected chi connectivity index (χ1v) is 8.48. The lowest BCUT2D eigenvalue weighted by atomic mass is 9.88. The predicted octanol–water partition coefficient (Wildman–Crippen LogP) is 4.74. The maximum Gasteiger partial charge on any atom is 0.252 e. The van der Waals surface area contributed by atoms with E-state index in [2.05, 4.69) is 37.2 Å². The molecule has 5 heteroatoms. The number of alkyl halides is 1. The minimum atomic E-state index is -0.0513. The predicted molar refractivity (Wildman–Crippen MR) is 85.8 cm³/mol. The van der Waals surface area contributed by atoms with Gasteiger partial charge in [-0.25, -0.2) is 0 Å². The van der Waals surface area contributed by atoms with Gasteiger partial charge in [-0.3, -0.25) is 4.79 Å². The quantitative estimate of drug-likeness (QED) is 0.715. The number of hydrogen-bond acceptors (Lipinski definition) is 1. The number of carbonyl (C=O) groups is 1. The Morgan fingerprint density at radius 1 is 1.32 bits per heavy atom. The Labute approximate surface area is 135 Å². The van der Waals surface area contributed by atoms with E-state index in [1.54, 1.807) is 0 Å². The van der Waals surface area contributed by atoms with Crippen LogP contribution in [0.15, 0.2) is 27.1 Å². The van der Waals surface area contributed by atoms with E-state index in [4.69, 9.17) is 11.6 Å². The second-order valence-electron chi connectivity index (χ2n) is 5.15. The summed E-state index contributed by atoms with van der Waals surface area (Å²) in [5.41, 5.74) is 0.743. The highest BCUT2D eigenvalue weighted by Gasteiger charge is 2.33. The van der Waals surface area contributed by atoms with Crippen molar-refractivity contribution >= 4 is 49.4 Å². The van der Waals surface area contributed by atoms with E-state index in [-0.39, 0.29) is 11.3 Å². The molecular weight excluding hydrogens is 393 g/mol. The number of hydrogen-bond donors (Lipinski definition) is 1. The van der Waals surface area contributed by atoms with Crippen LogP contribution in [-0.4, -0.2) is 18.3 Å². The second kappa shape index (κ2) is 6.59. The Balaban J connectivity index is 2.03. The highest BCUT2D eigenvalue weighted by Crippen LogP contribution is 2.38. The Bertz CT molecular complexity index is 473. The standard InChI is InChI=1S/C14H16Br2ClNO/c15-10-3-4-12(16)11(7-10)13(19)18-9-14(8-17)5-1-2-6-14/h3-4,7H,1-2,5-6,8-9H2,(H,18,19). The molecule has 1 aromatic carbocycles. The summed E-state index contributed by atoms with van der Waals surface area (Å²) >= 11 is 12.9. The van der Waals surface area contributed by atoms with Gasteiger partial charge < -0.3 is 5.32 Å². The molecular formula is C14H16Br2ClNO. The molecule has 0 aromatic heterocycles. The zero-order valence-corrected chi connectivity index (χ0v) is 14.4. The summed E-state index contributed by atoms with van der Waals surface area (Å²) < 4.78 is 1.70. The zero-order valence-electron chi connectivity index (χ0n) is 10.5. The van der Waals surface area contributed by atoms with Gasteiger partial charge in [-0.05, 0) is 47.0 Å². The highest BCUT2D eigenvalue weighted by molar-refractivity contribution is 9.11. The molecule has 1 saturated carbocycles. The normalized spacial score (nSPS) is 17.4. The molecule has 0 radical (unpaired) electrons. The van der Waals surface area contributed by atoms with Gasteiger partial charge in [0.15, 0.2) is 0 Å². The van der Waals surface area contributed by atoms with Crippen molar-refractivity contribution in [1.29, 1.82) is 0 Å². The van der Waals surface area contributed by atoms with Crippen LogP contribution in [-0.2, 0) is 0 Å². The smallest absolute Gasteiger partial charge is 0.252 e. The first-order chi connectivity index (χ1) is 9.06. The first-order valence-electron chi connectivity index (χ1n) is 6.36. The number of rotatable bonds is 4. The molecule has 1 aromatic rings. The molecule has 1 N–H and O–H groups in total. The van der Waals surface area contributed by atoms with E-state index >= 15 is 0 Å². The summed E-state index contributed by atoms with van der Waals surface area (Å²) in [5, 5.41) is 3.03. The third kappa shape index (κ3) is 3.73. The molecule has 0 aliphatic heterocycles. The fourth-order valence-corrected chi connectivity index (χ4v) is 3.67. The van der Waals surface area contributed by atoms with Crippen LogP contribution in [0.4, 0.5) is 0 Å². The summed E-state index contributed by atoms with van der Waals surface area (Å²) in [7, 11) is 0. The minimum Gasteiger partial charge on any atom is -0.351 e. The second-order valence-corrected chi connectivity index (χ2v) is 7.18. The number of benzene rings is 1. The molecule has 0 bridgehead atoms. The van der Waals surface area contributed by atoms with Crippen molar-refractivity contribution in [3.05, 3.63) is 32.7 Å². The average Bonchev–Trinajstić information content (AvgIpc) is 2.88. The van der Waals surface area contributed by atoms with E-state index < -0.39 is 0 Å². The molecule has 0 heterocycles. The van der Waals surface area contributed by atoms with Gasteiger partial charge in [-0.1, -0.05) is 28.8 Å². The van der Waals surface area contributed by atoms with E-state index in [9.17, 15) is 4.79 Å². The molecule has 2 nitrogen and oxygen atoms in total. The van der Waals surface area contributed by atoms with Crippen molar-refractivity contribution < 1.29 is 4.79 Å². The Morgan fingerprint density at radius 2 is 2.00 bits per heavy atom. The fourth-order valence-electron chi connectivity index (χ4n) is 2.52.